The summed E-state index contributed by atoms with van der Waals surface area (Å²) in [5.74, 6) is 0.0213. The van der Waals surface area contributed by atoms with Gasteiger partial charge < -0.3 is 15.8 Å². The monoisotopic (exact) mass is 457 g/mol. The number of thiophene rings is 1. The molecule has 9 heteroatoms. The van der Waals surface area contributed by atoms with Crippen LogP contribution in [0, 0.1) is 0 Å². The zero-order valence-electron chi connectivity index (χ0n) is 11.8. The van der Waals surface area contributed by atoms with E-state index < -0.39 is 6.36 Å². The van der Waals surface area contributed by atoms with Gasteiger partial charge in [-0.3, -0.25) is 0 Å². The number of nitrogens with two attached hydrogens (primary N) is 1. The Labute approximate surface area is 152 Å². The lowest BCUT2D eigenvalue weighted by molar-refractivity contribution is -0.274. The summed E-state index contributed by atoms with van der Waals surface area (Å²) >= 11 is 1.61. The molecule has 2 rings (SSSR count). The standard InChI is InChI=1S/C14H14F3N3OS.HI/c15-14(16,17)21-11-5-3-10(4-6-11)8-19-13(18)20-9-12-2-1-7-22-12;/h1-7H,8-9H2,(H3,18,19,20);1H. The first-order chi connectivity index (χ1) is 10.4. The third-order valence-electron chi connectivity index (χ3n) is 2.61. The van der Waals surface area contributed by atoms with Crippen molar-refractivity contribution in [2.75, 3.05) is 0 Å². The van der Waals surface area contributed by atoms with Crippen LogP contribution in [0.2, 0.25) is 0 Å². The molecule has 0 amide bonds. The summed E-state index contributed by atoms with van der Waals surface area (Å²) in [6.45, 7) is 0.862. The van der Waals surface area contributed by atoms with Gasteiger partial charge in [0, 0.05) is 4.88 Å². The Morgan fingerprint density at radius 1 is 1.22 bits per heavy atom. The number of benzene rings is 1. The van der Waals surface area contributed by atoms with Crippen molar-refractivity contribution < 1.29 is 17.9 Å². The third-order valence-corrected chi connectivity index (χ3v) is 3.49. The highest BCUT2D eigenvalue weighted by Crippen LogP contribution is 2.22. The molecule has 4 nitrogen and oxygen atoms in total. The summed E-state index contributed by atoms with van der Waals surface area (Å²) in [7, 11) is 0. The van der Waals surface area contributed by atoms with E-state index in [1.54, 1.807) is 11.3 Å². The van der Waals surface area contributed by atoms with Crippen LogP contribution < -0.4 is 15.8 Å². The van der Waals surface area contributed by atoms with Crippen LogP contribution in [0.1, 0.15) is 10.4 Å². The SMILES string of the molecule is I.NC(=NCc1ccc(OC(F)(F)F)cc1)NCc1cccs1. The number of nitrogens with one attached hydrogen (secondary N) is 1. The van der Waals surface area contributed by atoms with Gasteiger partial charge in [-0.05, 0) is 29.1 Å². The second kappa shape index (κ2) is 8.96. The molecule has 0 saturated heterocycles. The molecule has 0 saturated carbocycles. The van der Waals surface area contributed by atoms with E-state index in [4.69, 9.17) is 5.73 Å². The van der Waals surface area contributed by atoms with Crippen LogP contribution in [0.25, 0.3) is 0 Å². The van der Waals surface area contributed by atoms with E-state index in [9.17, 15) is 13.2 Å². The lowest BCUT2D eigenvalue weighted by Crippen LogP contribution is -2.30. The summed E-state index contributed by atoms with van der Waals surface area (Å²) in [5, 5.41) is 4.93. The normalized spacial score (nSPS) is 11.7. The zero-order valence-corrected chi connectivity index (χ0v) is 15.0. The molecule has 1 aromatic heterocycles. The molecule has 23 heavy (non-hydrogen) atoms. The first-order valence-electron chi connectivity index (χ1n) is 6.33. The smallest absolute Gasteiger partial charge is 0.406 e. The second-order valence-corrected chi connectivity index (χ2v) is 5.36. The Morgan fingerprint density at radius 2 is 1.91 bits per heavy atom. The predicted octanol–water partition coefficient (Wildman–Crippen LogP) is 3.87. The van der Waals surface area contributed by atoms with Crippen LogP contribution in [-0.4, -0.2) is 12.3 Å². The molecule has 1 heterocycles. The van der Waals surface area contributed by atoms with E-state index in [1.165, 1.54) is 24.3 Å². The average Bonchev–Trinajstić information content (AvgIpc) is 2.96. The molecule has 3 N–H and O–H groups in total. The lowest BCUT2D eigenvalue weighted by Gasteiger charge is -2.09. The molecule has 0 aliphatic rings. The van der Waals surface area contributed by atoms with Crippen LogP contribution >= 0.6 is 35.3 Å². The van der Waals surface area contributed by atoms with Crippen molar-refractivity contribution in [3.8, 4) is 5.75 Å². The maximum Gasteiger partial charge on any atom is 0.573 e. The van der Waals surface area contributed by atoms with Crippen molar-refractivity contribution in [1.82, 2.24) is 5.32 Å². The number of hydrogen-bond donors (Lipinski definition) is 2. The lowest BCUT2D eigenvalue weighted by atomic mass is 10.2. The van der Waals surface area contributed by atoms with Gasteiger partial charge in [-0.1, -0.05) is 18.2 Å². The molecular weight excluding hydrogens is 442 g/mol. The highest BCUT2D eigenvalue weighted by molar-refractivity contribution is 14.0. The average molecular weight is 457 g/mol. The van der Waals surface area contributed by atoms with Gasteiger partial charge in [0.1, 0.15) is 5.75 Å². The van der Waals surface area contributed by atoms with Gasteiger partial charge in [0.2, 0.25) is 0 Å². The maximum atomic E-state index is 12.0. The number of aliphatic imine (C=N–C) groups is 1. The number of guanidine groups is 1. The molecular formula is C14H15F3IN3OS. The maximum absolute atomic E-state index is 12.0. The molecule has 1 aromatic carbocycles. The van der Waals surface area contributed by atoms with Gasteiger partial charge in [0.25, 0.3) is 0 Å². The van der Waals surface area contributed by atoms with Gasteiger partial charge in [0.15, 0.2) is 5.96 Å². The predicted molar refractivity (Wildman–Crippen MR) is 95.0 cm³/mol. The molecule has 126 valence electrons. The Balaban J connectivity index is 0.00000264. The van der Waals surface area contributed by atoms with Gasteiger partial charge in [-0.15, -0.1) is 48.5 Å². The quantitative estimate of drug-likeness (QED) is 0.407. The molecule has 0 atom stereocenters. The Hall–Kier alpha value is -1.49. The van der Waals surface area contributed by atoms with Gasteiger partial charge in [-0.25, -0.2) is 4.99 Å². The molecule has 0 spiro atoms. The zero-order chi connectivity index (χ0) is 16.0. The highest BCUT2D eigenvalue weighted by atomic mass is 127. The number of halogens is 4. The van der Waals surface area contributed by atoms with Gasteiger partial charge in [0.05, 0.1) is 13.1 Å². The summed E-state index contributed by atoms with van der Waals surface area (Å²) in [6, 6.07) is 9.43. The number of hydrogen-bond acceptors (Lipinski definition) is 3. The van der Waals surface area contributed by atoms with E-state index in [1.807, 2.05) is 17.5 Å². The Morgan fingerprint density at radius 3 is 2.48 bits per heavy atom. The molecule has 2 aromatic rings. The fourth-order valence-electron chi connectivity index (χ4n) is 1.62. The molecule has 0 unspecified atom stereocenters. The van der Waals surface area contributed by atoms with E-state index >= 15 is 0 Å². The molecule has 0 bridgehead atoms. The van der Waals surface area contributed by atoms with Crippen molar-refractivity contribution in [2.24, 2.45) is 10.7 Å². The fourth-order valence-corrected chi connectivity index (χ4v) is 2.26. The summed E-state index contributed by atoms with van der Waals surface area (Å²) < 4.78 is 39.9. The number of rotatable bonds is 5. The van der Waals surface area contributed by atoms with Crippen LogP contribution in [-0.2, 0) is 13.1 Å². The van der Waals surface area contributed by atoms with Crippen molar-refractivity contribution in [3.63, 3.8) is 0 Å². The number of nitrogens with zero attached hydrogens (tertiary/aromatic N) is 1. The second-order valence-electron chi connectivity index (χ2n) is 4.33. The van der Waals surface area contributed by atoms with E-state index in [0.29, 0.717) is 6.54 Å². The summed E-state index contributed by atoms with van der Waals surface area (Å²) in [5.41, 5.74) is 6.45. The van der Waals surface area contributed by atoms with Gasteiger partial charge >= 0.3 is 6.36 Å². The summed E-state index contributed by atoms with van der Waals surface area (Å²) in [6.07, 6.45) is -4.68. The first kappa shape index (κ1) is 19.6. The highest BCUT2D eigenvalue weighted by Gasteiger charge is 2.30. The van der Waals surface area contributed by atoms with Gasteiger partial charge in [-0.2, -0.15) is 0 Å². The van der Waals surface area contributed by atoms with E-state index in [-0.39, 0.29) is 42.2 Å². The van der Waals surface area contributed by atoms with E-state index in [0.717, 1.165) is 10.4 Å². The molecule has 0 fully saturated rings. The number of alkyl halides is 3. The van der Waals surface area contributed by atoms with Crippen molar-refractivity contribution >= 4 is 41.3 Å². The molecule has 0 aliphatic carbocycles. The molecule has 0 radical (unpaired) electrons. The summed E-state index contributed by atoms with van der Waals surface area (Å²) in [4.78, 5) is 5.25. The molecule has 0 aliphatic heterocycles. The largest absolute Gasteiger partial charge is 0.573 e. The third kappa shape index (κ3) is 7.55. The Kier molecular flexibility index (Phi) is 7.62. The number of ether oxygens (including phenoxy) is 1. The van der Waals surface area contributed by atoms with E-state index in [2.05, 4.69) is 15.0 Å². The van der Waals surface area contributed by atoms with Crippen LogP contribution in [0.4, 0.5) is 13.2 Å². The fraction of sp³-hybridized carbons (Fsp3) is 0.214. The van der Waals surface area contributed by atoms with Crippen molar-refractivity contribution in [1.29, 1.82) is 0 Å². The minimum absolute atomic E-state index is 0. The minimum Gasteiger partial charge on any atom is -0.406 e. The van der Waals surface area contributed by atoms with Crippen molar-refractivity contribution in [2.45, 2.75) is 19.5 Å². The van der Waals surface area contributed by atoms with Crippen LogP contribution in [0.5, 0.6) is 5.75 Å². The minimum atomic E-state index is -4.68. The topological polar surface area (TPSA) is 59.6 Å². The van der Waals surface area contributed by atoms with Crippen LogP contribution in [0.15, 0.2) is 46.8 Å². The Bertz CT molecular complexity index is 615. The first-order valence-corrected chi connectivity index (χ1v) is 7.21. The van der Waals surface area contributed by atoms with Crippen molar-refractivity contribution in [3.05, 3.63) is 52.2 Å². The van der Waals surface area contributed by atoms with Crippen LogP contribution in [0.3, 0.4) is 0 Å².